The Morgan fingerprint density at radius 3 is 2.63 bits per heavy atom. The highest BCUT2D eigenvalue weighted by atomic mass is 35.5. The lowest BCUT2D eigenvalue weighted by Crippen LogP contribution is -2.34. The minimum absolute atomic E-state index is 0.0441. The van der Waals surface area contributed by atoms with Crippen molar-refractivity contribution in [2.45, 2.75) is 38.5 Å². The third kappa shape index (κ3) is 7.10. The molecule has 0 bridgehead atoms. The van der Waals surface area contributed by atoms with Crippen LogP contribution in [0.4, 0.5) is 5.69 Å². The third-order valence-corrected chi connectivity index (χ3v) is 6.64. The van der Waals surface area contributed by atoms with E-state index in [0.717, 1.165) is 5.56 Å². The fourth-order valence-corrected chi connectivity index (χ4v) is 4.48. The zero-order valence-electron chi connectivity index (χ0n) is 19.7. The van der Waals surface area contributed by atoms with Gasteiger partial charge in [-0.1, -0.05) is 72.6 Å². The van der Waals surface area contributed by atoms with Crippen LogP contribution in [-0.4, -0.2) is 32.3 Å². The molecule has 0 fully saturated rings. The average molecular weight is 532 g/mol. The van der Waals surface area contributed by atoms with Gasteiger partial charge >= 0.3 is 0 Å². The minimum Gasteiger partial charge on any atom is -0.342 e. The van der Waals surface area contributed by atoms with Gasteiger partial charge in [0.2, 0.25) is 5.91 Å². The molecule has 2 N–H and O–H groups in total. The Bertz CT molecular complexity index is 1230. The molecule has 0 spiro atoms. The number of hydrogen-bond donors (Lipinski definition) is 2. The quantitative estimate of drug-likeness (QED) is 0.249. The second-order valence-corrected chi connectivity index (χ2v) is 10.1. The van der Waals surface area contributed by atoms with E-state index in [1.165, 1.54) is 11.8 Å². The first kappa shape index (κ1) is 26.8. The number of hydrogen-bond acceptors (Lipinski definition) is 5. The molecule has 1 atom stereocenters. The topological polar surface area (TPSA) is 88.9 Å². The van der Waals surface area contributed by atoms with Crippen LogP contribution < -0.4 is 10.6 Å². The van der Waals surface area contributed by atoms with E-state index in [0.29, 0.717) is 38.8 Å². The molecule has 3 rings (SSSR count). The number of rotatable bonds is 10. The van der Waals surface area contributed by atoms with Gasteiger partial charge in [0.15, 0.2) is 11.0 Å². The van der Waals surface area contributed by atoms with Crippen molar-refractivity contribution in [3.63, 3.8) is 0 Å². The van der Waals surface area contributed by atoms with Gasteiger partial charge in [-0.05, 0) is 43.2 Å². The zero-order valence-corrected chi connectivity index (χ0v) is 22.0. The molecule has 7 nitrogen and oxygen atoms in total. The Hall–Kier alpha value is -2.81. The van der Waals surface area contributed by atoms with Crippen molar-refractivity contribution in [2.24, 2.45) is 5.92 Å². The van der Waals surface area contributed by atoms with Gasteiger partial charge < -0.3 is 15.2 Å². The fourth-order valence-electron chi connectivity index (χ4n) is 3.39. The Morgan fingerprint density at radius 1 is 1.17 bits per heavy atom. The van der Waals surface area contributed by atoms with E-state index in [1.54, 1.807) is 30.3 Å². The van der Waals surface area contributed by atoms with Crippen LogP contribution in [-0.2, 0) is 11.3 Å². The first-order chi connectivity index (χ1) is 16.7. The van der Waals surface area contributed by atoms with E-state index in [1.807, 2.05) is 43.5 Å². The lowest BCUT2D eigenvalue weighted by molar-refractivity contribution is -0.113. The summed E-state index contributed by atoms with van der Waals surface area (Å²) in [7, 11) is 0. The molecule has 35 heavy (non-hydrogen) atoms. The second-order valence-electron chi connectivity index (χ2n) is 8.27. The first-order valence-electron chi connectivity index (χ1n) is 11.0. The van der Waals surface area contributed by atoms with Crippen LogP contribution in [0.15, 0.2) is 60.3 Å². The predicted molar refractivity (Wildman–Crippen MR) is 142 cm³/mol. The Kier molecular flexibility index (Phi) is 9.37. The molecule has 10 heteroatoms. The molecular weight excluding hydrogens is 505 g/mol. The number of allylic oxidation sites excluding steroid dienone is 1. The number of anilines is 1. The molecule has 0 saturated heterocycles. The van der Waals surface area contributed by atoms with Gasteiger partial charge in [-0.15, -0.1) is 16.8 Å². The summed E-state index contributed by atoms with van der Waals surface area (Å²) in [5.41, 5.74) is 2.03. The summed E-state index contributed by atoms with van der Waals surface area (Å²) >= 11 is 13.4. The largest absolute Gasteiger partial charge is 0.342 e. The van der Waals surface area contributed by atoms with Crippen molar-refractivity contribution >= 4 is 52.5 Å². The molecule has 0 aliphatic heterocycles. The molecule has 184 valence electrons. The standard InChI is InChI=1S/C25H27Cl2N5O2S/c1-5-11-32-23(22(15(2)3)29-24(34)17-8-6-7-16(4)12-17)30-31-25(32)35-14-21(33)28-20-13-18(26)9-10-19(20)27/h5-10,12-13,15,22H,1,11,14H2,2-4H3,(H,28,33)(H,29,34)/t22-/m0/s1. The molecule has 1 heterocycles. The summed E-state index contributed by atoms with van der Waals surface area (Å²) in [4.78, 5) is 25.5. The monoisotopic (exact) mass is 531 g/mol. The SMILES string of the molecule is C=CCn1c(SCC(=O)Nc2cc(Cl)ccc2Cl)nnc1[C@@H](NC(=O)c1cccc(C)c1)C(C)C. The number of carbonyl (C=O) groups is 2. The average Bonchev–Trinajstić information content (AvgIpc) is 3.20. The summed E-state index contributed by atoms with van der Waals surface area (Å²) < 4.78 is 1.86. The fraction of sp³-hybridized carbons (Fsp3) is 0.280. The number of nitrogens with zero attached hydrogens (tertiary/aromatic N) is 3. The van der Waals surface area contributed by atoms with E-state index < -0.39 is 0 Å². The van der Waals surface area contributed by atoms with Crippen molar-refractivity contribution in [1.29, 1.82) is 0 Å². The zero-order chi connectivity index (χ0) is 25.5. The first-order valence-corrected chi connectivity index (χ1v) is 12.7. The second kappa shape index (κ2) is 12.2. The molecular formula is C25H27Cl2N5O2S. The van der Waals surface area contributed by atoms with Gasteiger partial charge in [0, 0.05) is 17.1 Å². The molecule has 2 amide bonds. The van der Waals surface area contributed by atoms with Gasteiger partial charge in [-0.3, -0.25) is 9.59 Å². The molecule has 0 aliphatic rings. The van der Waals surface area contributed by atoms with Crippen LogP contribution in [0.3, 0.4) is 0 Å². The number of amides is 2. The number of thioether (sulfide) groups is 1. The Labute approximate surface area is 219 Å². The van der Waals surface area contributed by atoms with E-state index >= 15 is 0 Å². The summed E-state index contributed by atoms with van der Waals surface area (Å²) in [5, 5.41) is 15.9. The maximum absolute atomic E-state index is 12.9. The Balaban J connectivity index is 1.76. The van der Waals surface area contributed by atoms with Crippen LogP contribution in [0.1, 0.15) is 41.6 Å². The molecule has 3 aromatic rings. The van der Waals surface area contributed by atoms with Gasteiger partial charge in [0.05, 0.1) is 22.5 Å². The highest BCUT2D eigenvalue weighted by molar-refractivity contribution is 7.99. The smallest absolute Gasteiger partial charge is 0.251 e. The van der Waals surface area contributed by atoms with Crippen molar-refractivity contribution in [2.75, 3.05) is 11.1 Å². The van der Waals surface area contributed by atoms with Crippen LogP contribution in [0.2, 0.25) is 10.0 Å². The Morgan fingerprint density at radius 2 is 1.94 bits per heavy atom. The van der Waals surface area contributed by atoms with Gasteiger partial charge in [0.25, 0.3) is 5.91 Å². The number of carbonyl (C=O) groups excluding carboxylic acids is 2. The van der Waals surface area contributed by atoms with Crippen LogP contribution in [0, 0.1) is 12.8 Å². The van der Waals surface area contributed by atoms with E-state index in [2.05, 4.69) is 27.4 Å². The summed E-state index contributed by atoms with van der Waals surface area (Å²) in [6.45, 7) is 10.2. The highest BCUT2D eigenvalue weighted by Gasteiger charge is 2.26. The normalized spacial score (nSPS) is 11.8. The van der Waals surface area contributed by atoms with E-state index in [9.17, 15) is 9.59 Å². The number of halogens is 2. The van der Waals surface area contributed by atoms with Crippen LogP contribution in [0.25, 0.3) is 0 Å². The maximum Gasteiger partial charge on any atom is 0.251 e. The van der Waals surface area contributed by atoms with Gasteiger partial charge in [-0.2, -0.15) is 0 Å². The molecule has 1 aromatic heterocycles. The third-order valence-electron chi connectivity index (χ3n) is 5.10. The van der Waals surface area contributed by atoms with Crippen molar-refractivity contribution in [3.05, 3.63) is 82.1 Å². The maximum atomic E-state index is 12.9. The molecule has 0 radical (unpaired) electrons. The van der Waals surface area contributed by atoms with Crippen molar-refractivity contribution in [1.82, 2.24) is 20.1 Å². The molecule has 0 aliphatic carbocycles. The van der Waals surface area contributed by atoms with Crippen molar-refractivity contribution < 1.29 is 9.59 Å². The molecule has 0 unspecified atom stereocenters. The summed E-state index contributed by atoms with van der Waals surface area (Å²) in [6.07, 6.45) is 1.72. The van der Waals surface area contributed by atoms with Crippen molar-refractivity contribution in [3.8, 4) is 0 Å². The van der Waals surface area contributed by atoms with E-state index in [-0.39, 0.29) is 29.5 Å². The molecule has 0 saturated carbocycles. The van der Waals surface area contributed by atoms with Crippen LogP contribution in [0.5, 0.6) is 0 Å². The van der Waals surface area contributed by atoms with Gasteiger partial charge in [-0.25, -0.2) is 0 Å². The predicted octanol–water partition coefficient (Wildman–Crippen LogP) is 5.94. The lowest BCUT2D eigenvalue weighted by atomic mass is 10.0. The number of aromatic nitrogens is 3. The van der Waals surface area contributed by atoms with E-state index in [4.69, 9.17) is 23.2 Å². The molecule has 2 aromatic carbocycles. The van der Waals surface area contributed by atoms with Crippen LogP contribution >= 0.6 is 35.0 Å². The summed E-state index contributed by atoms with van der Waals surface area (Å²) in [5.74, 6) is 0.277. The summed E-state index contributed by atoms with van der Waals surface area (Å²) in [6, 6.07) is 11.9. The van der Waals surface area contributed by atoms with Gasteiger partial charge in [0.1, 0.15) is 0 Å². The minimum atomic E-state index is -0.385. The number of benzene rings is 2. The lowest BCUT2D eigenvalue weighted by Gasteiger charge is -2.22. The number of aryl methyl sites for hydroxylation is 1. The highest BCUT2D eigenvalue weighted by Crippen LogP contribution is 2.28. The number of nitrogens with one attached hydrogen (secondary N) is 2.